The van der Waals surface area contributed by atoms with E-state index in [1.54, 1.807) is 0 Å². The number of unbranched alkanes of at least 4 members (excludes halogenated alkanes) is 2. The van der Waals surface area contributed by atoms with Crippen molar-refractivity contribution in [2.24, 2.45) is 5.92 Å². The van der Waals surface area contributed by atoms with E-state index in [4.69, 9.17) is 14.2 Å². The Kier molecular flexibility index (Phi) is 8.76. The molecule has 4 rings (SSSR count). The lowest BCUT2D eigenvalue weighted by Crippen LogP contribution is -2.42. The zero-order valence-electron chi connectivity index (χ0n) is 18.8. The second kappa shape index (κ2) is 11.3. The minimum Gasteiger partial charge on any atom is -0.493 e. The summed E-state index contributed by atoms with van der Waals surface area (Å²) in [7, 11) is 0. The van der Waals surface area contributed by atoms with Crippen molar-refractivity contribution in [1.82, 2.24) is 4.90 Å². The first-order valence-electron chi connectivity index (χ1n) is 11.4. The molecular weight excluding hydrogens is 455 g/mol. The van der Waals surface area contributed by atoms with Crippen molar-refractivity contribution in [3.63, 3.8) is 0 Å². The van der Waals surface area contributed by atoms with Gasteiger partial charge >= 0.3 is 6.18 Å². The van der Waals surface area contributed by atoms with Crippen molar-refractivity contribution in [2.45, 2.75) is 44.7 Å². The number of fused-ring (bicyclic) bond motifs is 1. The number of hydrogen-bond donors (Lipinski definition) is 0. The van der Waals surface area contributed by atoms with Gasteiger partial charge in [-0.3, -0.25) is 0 Å². The number of alkyl halides is 3. The molecule has 0 N–H and O–H groups in total. The predicted octanol–water partition coefficient (Wildman–Crippen LogP) is 6.53. The molecule has 0 aliphatic carbocycles. The van der Waals surface area contributed by atoms with Gasteiger partial charge in [0.25, 0.3) is 0 Å². The van der Waals surface area contributed by atoms with Crippen LogP contribution in [-0.4, -0.2) is 37.9 Å². The lowest BCUT2D eigenvalue weighted by atomic mass is 9.80. The van der Waals surface area contributed by atoms with E-state index in [1.165, 1.54) is 18.6 Å². The molecule has 0 radical (unpaired) electrons. The molecule has 0 saturated carbocycles. The molecule has 182 valence electrons. The van der Waals surface area contributed by atoms with Crippen LogP contribution in [0.5, 0.6) is 17.2 Å². The quantitative estimate of drug-likeness (QED) is 0.398. The first-order valence-corrected chi connectivity index (χ1v) is 11.4. The zero-order valence-corrected chi connectivity index (χ0v) is 19.6. The summed E-state index contributed by atoms with van der Waals surface area (Å²) in [4.78, 5) is 2.42. The molecule has 0 amide bonds. The molecule has 2 aliphatic heterocycles. The number of hydrogen-bond acceptors (Lipinski definition) is 4. The maximum absolute atomic E-state index is 13.3. The average molecular weight is 486 g/mol. The lowest BCUT2D eigenvalue weighted by Gasteiger charge is -2.39. The molecule has 4 nitrogen and oxygen atoms in total. The molecule has 8 heteroatoms. The van der Waals surface area contributed by atoms with Gasteiger partial charge in [-0.25, -0.2) is 0 Å². The van der Waals surface area contributed by atoms with Crippen molar-refractivity contribution >= 4 is 12.4 Å². The van der Waals surface area contributed by atoms with Gasteiger partial charge in [0, 0.05) is 18.5 Å². The third-order valence-corrected chi connectivity index (χ3v) is 6.35. The zero-order chi connectivity index (χ0) is 22.6. The van der Waals surface area contributed by atoms with Gasteiger partial charge in [-0.15, -0.1) is 12.4 Å². The van der Waals surface area contributed by atoms with E-state index in [2.05, 4.69) is 11.8 Å². The van der Waals surface area contributed by atoms with Gasteiger partial charge < -0.3 is 19.1 Å². The van der Waals surface area contributed by atoms with Gasteiger partial charge in [0.1, 0.15) is 5.75 Å². The Morgan fingerprint density at radius 1 is 1.06 bits per heavy atom. The van der Waals surface area contributed by atoms with Crippen molar-refractivity contribution in [3.8, 4) is 17.2 Å². The SMILES string of the molecule is CCCCCN1CC[C@@H](c2cccc(C(F)(F)F)c2)[C@H](COc2ccc3c(c2)OCO3)C1.Cl. The van der Waals surface area contributed by atoms with Crippen LogP contribution >= 0.6 is 12.4 Å². The van der Waals surface area contributed by atoms with Gasteiger partial charge in [0.05, 0.1) is 12.2 Å². The van der Waals surface area contributed by atoms with Crippen LogP contribution in [0.15, 0.2) is 42.5 Å². The monoisotopic (exact) mass is 485 g/mol. The molecule has 2 aromatic carbocycles. The Hall–Kier alpha value is -2.12. The van der Waals surface area contributed by atoms with Gasteiger partial charge in [0.15, 0.2) is 11.5 Å². The number of nitrogens with zero attached hydrogens (tertiary/aromatic N) is 1. The summed E-state index contributed by atoms with van der Waals surface area (Å²) < 4.78 is 56.7. The second-order valence-electron chi connectivity index (χ2n) is 8.61. The summed E-state index contributed by atoms with van der Waals surface area (Å²) in [6.45, 7) is 5.54. The molecule has 0 unspecified atom stereocenters. The Labute approximate surface area is 199 Å². The molecule has 2 heterocycles. The Bertz CT molecular complexity index is 909. The number of halogens is 4. The van der Waals surface area contributed by atoms with Crippen LogP contribution in [-0.2, 0) is 6.18 Å². The molecule has 1 saturated heterocycles. The van der Waals surface area contributed by atoms with E-state index >= 15 is 0 Å². The molecule has 1 fully saturated rings. The second-order valence-corrected chi connectivity index (χ2v) is 8.61. The first-order chi connectivity index (χ1) is 15.4. The Balaban J connectivity index is 0.00000306. The number of rotatable bonds is 8. The van der Waals surface area contributed by atoms with E-state index < -0.39 is 11.7 Å². The van der Waals surface area contributed by atoms with Crippen LogP contribution in [0.3, 0.4) is 0 Å². The molecular formula is C25H31ClF3NO3. The van der Waals surface area contributed by atoms with E-state index in [0.29, 0.717) is 23.9 Å². The molecule has 2 atom stereocenters. The summed E-state index contributed by atoms with van der Waals surface area (Å²) in [6.07, 6.45) is -0.0261. The highest BCUT2D eigenvalue weighted by Crippen LogP contribution is 2.38. The molecule has 2 aromatic rings. The fourth-order valence-corrected chi connectivity index (χ4v) is 4.62. The van der Waals surface area contributed by atoms with E-state index in [0.717, 1.165) is 50.5 Å². The molecule has 2 aliphatic rings. The molecule has 0 bridgehead atoms. The van der Waals surface area contributed by atoms with Crippen molar-refractivity contribution in [3.05, 3.63) is 53.6 Å². The van der Waals surface area contributed by atoms with Crippen LogP contribution in [0, 0.1) is 5.92 Å². The summed E-state index contributed by atoms with van der Waals surface area (Å²) in [5.41, 5.74) is 0.156. The third kappa shape index (κ3) is 6.48. The topological polar surface area (TPSA) is 30.9 Å². The van der Waals surface area contributed by atoms with Crippen LogP contribution < -0.4 is 14.2 Å². The first kappa shape index (κ1) is 25.5. The molecule has 0 aromatic heterocycles. The van der Waals surface area contributed by atoms with Gasteiger partial charge in [-0.1, -0.05) is 38.0 Å². The number of ether oxygens (including phenoxy) is 3. The summed E-state index contributed by atoms with van der Waals surface area (Å²) in [6, 6.07) is 11.3. The number of likely N-dealkylation sites (tertiary alicyclic amines) is 1. The van der Waals surface area contributed by atoms with Crippen molar-refractivity contribution in [2.75, 3.05) is 33.0 Å². The van der Waals surface area contributed by atoms with E-state index in [9.17, 15) is 13.2 Å². The standard InChI is InChI=1S/C25H30F3NO3.ClH/c1-2-3-4-11-29-12-10-22(18-6-5-7-20(13-18)25(26,27)28)19(15-29)16-30-21-8-9-23-24(14-21)32-17-31-23;/h5-9,13-14,19,22H,2-4,10-12,15-17H2,1H3;1H/t19-,22-;/m0./s1. The molecule has 0 spiro atoms. The highest BCUT2D eigenvalue weighted by Gasteiger charge is 2.34. The highest BCUT2D eigenvalue weighted by atomic mass is 35.5. The van der Waals surface area contributed by atoms with Gasteiger partial charge in [-0.05, 0) is 55.6 Å². The summed E-state index contributed by atoms with van der Waals surface area (Å²) in [5, 5.41) is 0. The van der Waals surface area contributed by atoms with Crippen LogP contribution in [0.4, 0.5) is 13.2 Å². The summed E-state index contributed by atoms with van der Waals surface area (Å²) in [5.74, 6) is 2.15. The lowest BCUT2D eigenvalue weighted by molar-refractivity contribution is -0.137. The Morgan fingerprint density at radius 2 is 1.88 bits per heavy atom. The van der Waals surface area contributed by atoms with Gasteiger partial charge in [0.2, 0.25) is 6.79 Å². The largest absolute Gasteiger partial charge is 0.493 e. The van der Waals surface area contributed by atoms with E-state index in [1.807, 2.05) is 24.3 Å². The van der Waals surface area contributed by atoms with Crippen molar-refractivity contribution in [1.29, 1.82) is 0 Å². The smallest absolute Gasteiger partial charge is 0.416 e. The predicted molar refractivity (Wildman–Crippen MR) is 124 cm³/mol. The maximum atomic E-state index is 13.3. The average Bonchev–Trinajstić information content (AvgIpc) is 3.25. The van der Waals surface area contributed by atoms with E-state index in [-0.39, 0.29) is 31.0 Å². The van der Waals surface area contributed by atoms with Gasteiger partial charge in [-0.2, -0.15) is 13.2 Å². The maximum Gasteiger partial charge on any atom is 0.416 e. The van der Waals surface area contributed by atoms with Crippen molar-refractivity contribution < 1.29 is 27.4 Å². The minimum absolute atomic E-state index is 0. The number of benzene rings is 2. The fourth-order valence-electron chi connectivity index (χ4n) is 4.62. The molecule has 33 heavy (non-hydrogen) atoms. The van der Waals surface area contributed by atoms with Crippen LogP contribution in [0.2, 0.25) is 0 Å². The normalized spacial score (nSPS) is 20.4. The van der Waals surface area contributed by atoms with Crippen LogP contribution in [0.25, 0.3) is 0 Å². The third-order valence-electron chi connectivity index (χ3n) is 6.35. The highest BCUT2D eigenvalue weighted by molar-refractivity contribution is 5.85. The minimum atomic E-state index is -4.34. The van der Waals surface area contributed by atoms with Crippen LogP contribution in [0.1, 0.15) is 49.7 Å². The summed E-state index contributed by atoms with van der Waals surface area (Å²) >= 11 is 0. The Morgan fingerprint density at radius 3 is 2.67 bits per heavy atom. The number of piperidine rings is 1. The fraction of sp³-hybridized carbons (Fsp3) is 0.520.